The molecule has 1 aromatic carbocycles. The molecule has 0 aliphatic carbocycles. The molecule has 2 rings (SSSR count). The summed E-state index contributed by atoms with van der Waals surface area (Å²) in [5, 5.41) is 14.2. The zero-order chi connectivity index (χ0) is 15.4. The quantitative estimate of drug-likeness (QED) is 0.890. The van der Waals surface area contributed by atoms with E-state index in [0.29, 0.717) is 23.3 Å². The maximum atomic E-state index is 9.52. The van der Waals surface area contributed by atoms with E-state index in [4.69, 9.17) is 16.3 Å². The number of hydrogen-bond donors (Lipinski definition) is 1. The summed E-state index contributed by atoms with van der Waals surface area (Å²) in [5.41, 5.74) is 0.760. The molecule has 1 aromatic heterocycles. The van der Waals surface area contributed by atoms with Crippen LogP contribution >= 0.6 is 11.6 Å². The molecule has 0 radical (unpaired) electrons. The summed E-state index contributed by atoms with van der Waals surface area (Å²) < 4.78 is 7.54. The Bertz CT molecular complexity index is 596. The largest absolute Gasteiger partial charge is 0.484 e. The topological polar surface area (TPSA) is 60.2 Å². The Morgan fingerprint density at radius 2 is 2.10 bits per heavy atom. The van der Waals surface area contributed by atoms with Crippen molar-refractivity contribution >= 4 is 11.6 Å². The number of benzene rings is 1. The second-order valence-corrected chi connectivity index (χ2v) is 5.81. The summed E-state index contributed by atoms with van der Waals surface area (Å²) in [7, 11) is 0. The molecule has 2 aromatic rings. The number of nitrogens with zero attached hydrogens (tertiary/aromatic N) is 3. The molecule has 0 aliphatic rings. The highest BCUT2D eigenvalue weighted by atomic mass is 35.5. The molecular formula is C15H20ClN3O2. The lowest BCUT2D eigenvalue weighted by molar-refractivity contribution is 0.199. The lowest BCUT2D eigenvalue weighted by Gasteiger charge is -2.12. The first-order chi connectivity index (χ1) is 9.97. The summed E-state index contributed by atoms with van der Waals surface area (Å²) in [5.74, 6) is 1.82. The average Bonchev–Trinajstić information content (AvgIpc) is 2.83. The third-order valence-electron chi connectivity index (χ3n) is 3.03. The summed E-state index contributed by atoms with van der Waals surface area (Å²) in [6.45, 7) is 7.05. The highest BCUT2D eigenvalue weighted by Crippen LogP contribution is 2.28. The number of rotatable bonds is 6. The van der Waals surface area contributed by atoms with E-state index >= 15 is 0 Å². The van der Waals surface area contributed by atoms with Gasteiger partial charge in [-0.25, -0.2) is 9.67 Å². The van der Waals surface area contributed by atoms with E-state index in [0.717, 1.165) is 17.9 Å². The van der Waals surface area contributed by atoms with E-state index in [2.05, 4.69) is 23.9 Å². The fourth-order valence-corrected chi connectivity index (χ4v) is 2.18. The number of ether oxygens (including phenoxy) is 1. The molecular weight excluding hydrogens is 290 g/mol. The van der Waals surface area contributed by atoms with Gasteiger partial charge < -0.3 is 9.84 Å². The van der Waals surface area contributed by atoms with Gasteiger partial charge in [0.25, 0.3) is 0 Å². The van der Waals surface area contributed by atoms with E-state index in [1.807, 2.05) is 4.68 Å². The van der Waals surface area contributed by atoms with Gasteiger partial charge in [0.15, 0.2) is 5.82 Å². The molecule has 0 fully saturated rings. The van der Waals surface area contributed by atoms with E-state index in [1.54, 1.807) is 25.1 Å². The Kier molecular flexibility index (Phi) is 5.20. The molecule has 0 spiro atoms. The molecule has 0 saturated heterocycles. The first-order valence-corrected chi connectivity index (χ1v) is 7.32. The lowest BCUT2D eigenvalue weighted by atomic mass is 10.1. The van der Waals surface area contributed by atoms with Crippen LogP contribution in [0.15, 0.2) is 24.5 Å². The highest BCUT2D eigenvalue weighted by molar-refractivity contribution is 6.32. The normalized spacial score (nSPS) is 12.7. The first kappa shape index (κ1) is 15.8. The zero-order valence-corrected chi connectivity index (χ0v) is 13.2. The first-order valence-electron chi connectivity index (χ1n) is 6.94. The Balaban J connectivity index is 2.05. The maximum Gasteiger partial charge on any atom is 0.164 e. The predicted molar refractivity (Wildman–Crippen MR) is 81.3 cm³/mol. The van der Waals surface area contributed by atoms with Crippen LogP contribution < -0.4 is 4.74 Å². The van der Waals surface area contributed by atoms with Crippen molar-refractivity contribution in [1.82, 2.24) is 14.8 Å². The molecule has 1 N–H and O–H groups in total. The van der Waals surface area contributed by atoms with Gasteiger partial charge in [-0.1, -0.05) is 31.5 Å². The van der Waals surface area contributed by atoms with Crippen LogP contribution in [0.5, 0.6) is 5.75 Å². The SMILES string of the molecule is CC(C)Cn1ncnc1COc1ccc(C(C)O)cc1Cl. The predicted octanol–water partition coefficient (Wildman–Crippen LogP) is 3.22. The van der Waals surface area contributed by atoms with E-state index < -0.39 is 6.10 Å². The van der Waals surface area contributed by atoms with Crippen molar-refractivity contribution in [3.05, 3.63) is 40.9 Å². The van der Waals surface area contributed by atoms with E-state index in [-0.39, 0.29) is 0 Å². The third kappa shape index (κ3) is 4.19. The Hall–Kier alpha value is -1.59. The molecule has 1 unspecified atom stereocenters. The van der Waals surface area contributed by atoms with Crippen LogP contribution in [0.1, 0.15) is 38.3 Å². The van der Waals surface area contributed by atoms with Gasteiger partial charge in [-0.15, -0.1) is 0 Å². The van der Waals surface area contributed by atoms with Crippen molar-refractivity contribution in [1.29, 1.82) is 0 Å². The molecule has 1 atom stereocenters. The minimum atomic E-state index is -0.550. The summed E-state index contributed by atoms with van der Waals surface area (Å²) in [6, 6.07) is 5.26. The molecule has 0 saturated carbocycles. The van der Waals surface area contributed by atoms with Crippen LogP contribution in [0.2, 0.25) is 5.02 Å². The van der Waals surface area contributed by atoms with Crippen molar-refractivity contribution < 1.29 is 9.84 Å². The molecule has 0 amide bonds. The fraction of sp³-hybridized carbons (Fsp3) is 0.467. The molecule has 1 heterocycles. The van der Waals surface area contributed by atoms with Crippen LogP contribution in [0.25, 0.3) is 0 Å². The van der Waals surface area contributed by atoms with Gasteiger partial charge in [0.2, 0.25) is 0 Å². The van der Waals surface area contributed by atoms with Gasteiger partial charge in [-0.2, -0.15) is 5.10 Å². The van der Waals surface area contributed by atoms with Crippen molar-refractivity contribution in [2.45, 2.75) is 40.0 Å². The highest BCUT2D eigenvalue weighted by Gasteiger charge is 2.10. The Labute approximate surface area is 129 Å². The van der Waals surface area contributed by atoms with Gasteiger partial charge >= 0.3 is 0 Å². The summed E-state index contributed by atoms with van der Waals surface area (Å²) in [6.07, 6.45) is 0.977. The molecule has 6 heteroatoms. The second-order valence-electron chi connectivity index (χ2n) is 5.41. The van der Waals surface area contributed by atoms with Crippen LogP contribution in [-0.2, 0) is 13.2 Å². The van der Waals surface area contributed by atoms with Crippen molar-refractivity contribution in [2.75, 3.05) is 0 Å². The minimum absolute atomic E-state index is 0.306. The van der Waals surface area contributed by atoms with E-state index in [1.165, 1.54) is 6.33 Å². The molecule has 0 bridgehead atoms. The number of aromatic nitrogens is 3. The Morgan fingerprint density at radius 3 is 2.71 bits per heavy atom. The second kappa shape index (κ2) is 6.91. The fourth-order valence-electron chi connectivity index (χ4n) is 1.93. The van der Waals surface area contributed by atoms with Crippen LogP contribution in [0.4, 0.5) is 0 Å². The van der Waals surface area contributed by atoms with Gasteiger partial charge in [-0.05, 0) is 30.5 Å². The van der Waals surface area contributed by atoms with Crippen molar-refractivity contribution in [2.24, 2.45) is 5.92 Å². The maximum absolute atomic E-state index is 9.52. The summed E-state index contributed by atoms with van der Waals surface area (Å²) >= 11 is 6.16. The van der Waals surface area contributed by atoms with Crippen LogP contribution in [0.3, 0.4) is 0 Å². The zero-order valence-electron chi connectivity index (χ0n) is 12.5. The van der Waals surface area contributed by atoms with Gasteiger partial charge in [-0.3, -0.25) is 0 Å². The average molecular weight is 310 g/mol. The van der Waals surface area contributed by atoms with Gasteiger partial charge in [0.1, 0.15) is 18.7 Å². The van der Waals surface area contributed by atoms with Crippen LogP contribution in [0, 0.1) is 5.92 Å². The van der Waals surface area contributed by atoms with Gasteiger partial charge in [0.05, 0.1) is 11.1 Å². The number of halogens is 1. The Morgan fingerprint density at radius 1 is 1.33 bits per heavy atom. The number of aliphatic hydroxyl groups is 1. The number of hydrogen-bond acceptors (Lipinski definition) is 4. The monoisotopic (exact) mass is 309 g/mol. The lowest BCUT2D eigenvalue weighted by Crippen LogP contribution is -2.12. The van der Waals surface area contributed by atoms with Crippen LogP contribution in [-0.4, -0.2) is 19.9 Å². The van der Waals surface area contributed by atoms with Gasteiger partial charge in [0, 0.05) is 6.54 Å². The third-order valence-corrected chi connectivity index (χ3v) is 3.32. The summed E-state index contributed by atoms with van der Waals surface area (Å²) in [4.78, 5) is 4.20. The molecule has 0 aliphatic heterocycles. The number of aliphatic hydroxyl groups excluding tert-OH is 1. The molecule has 114 valence electrons. The van der Waals surface area contributed by atoms with E-state index in [9.17, 15) is 5.11 Å². The smallest absolute Gasteiger partial charge is 0.164 e. The standard InChI is InChI=1S/C15H20ClN3O2/c1-10(2)7-19-15(17-9-18-19)8-21-14-5-4-12(11(3)20)6-13(14)16/h4-6,9-11,20H,7-8H2,1-3H3. The van der Waals surface area contributed by atoms with Crippen molar-refractivity contribution in [3.8, 4) is 5.75 Å². The minimum Gasteiger partial charge on any atom is -0.484 e. The molecule has 21 heavy (non-hydrogen) atoms. The molecule has 5 nitrogen and oxygen atoms in total. The van der Waals surface area contributed by atoms with Crippen molar-refractivity contribution in [3.63, 3.8) is 0 Å².